The lowest BCUT2D eigenvalue weighted by atomic mass is 10.1. The fraction of sp³-hybridized carbons (Fsp3) is 0.261. The fourth-order valence-corrected chi connectivity index (χ4v) is 3.72. The average Bonchev–Trinajstić information content (AvgIpc) is 3.17. The minimum Gasteiger partial charge on any atom is -0.378 e. The van der Waals surface area contributed by atoms with Gasteiger partial charge >= 0.3 is 0 Å². The van der Waals surface area contributed by atoms with E-state index in [9.17, 15) is 0 Å². The molecule has 146 valence electrons. The third-order valence-electron chi connectivity index (χ3n) is 5.14. The highest BCUT2D eigenvalue weighted by molar-refractivity contribution is 6.02. The van der Waals surface area contributed by atoms with Crippen molar-refractivity contribution in [1.82, 2.24) is 9.97 Å². The van der Waals surface area contributed by atoms with Gasteiger partial charge in [-0.3, -0.25) is 0 Å². The van der Waals surface area contributed by atoms with E-state index in [1.54, 1.807) is 0 Å². The Morgan fingerprint density at radius 3 is 2.38 bits per heavy atom. The topological polar surface area (TPSA) is 62.6 Å². The first-order valence-electron chi connectivity index (χ1n) is 10.0. The molecule has 0 saturated carbocycles. The molecule has 1 N–H and O–H groups in total. The summed E-state index contributed by atoms with van der Waals surface area (Å²) in [5.41, 5.74) is 4.12. The number of morpholine rings is 1. The molecule has 0 atom stereocenters. The number of fused-ring (bicyclic) bond motifs is 1. The van der Waals surface area contributed by atoms with Crippen LogP contribution < -0.4 is 10.2 Å². The van der Waals surface area contributed by atoms with Gasteiger partial charge in [0.2, 0.25) is 0 Å². The van der Waals surface area contributed by atoms with Gasteiger partial charge in [0, 0.05) is 25.2 Å². The molecule has 29 heavy (non-hydrogen) atoms. The van der Waals surface area contributed by atoms with Gasteiger partial charge in [-0.05, 0) is 17.7 Å². The van der Waals surface area contributed by atoms with Crippen molar-refractivity contribution in [2.75, 3.05) is 36.5 Å². The number of nitrogens with one attached hydrogen (secondary N) is 1. The van der Waals surface area contributed by atoms with Crippen molar-refractivity contribution in [2.45, 2.75) is 12.8 Å². The quantitative estimate of drug-likeness (QED) is 0.743. The lowest BCUT2D eigenvalue weighted by Crippen LogP contribution is -2.37. The second-order valence-corrected chi connectivity index (χ2v) is 7.25. The largest absolute Gasteiger partial charge is 0.378 e. The lowest BCUT2D eigenvalue weighted by molar-refractivity contribution is 0.122. The second-order valence-electron chi connectivity index (χ2n) is 7.25. The van der Waals surface area contributed by atoms with Crippen LogP contribution in [0.3, 0.4) is 0 Å². The molecule has 2 aliphatic rings. The molecule has 3 heterocycles. The van der Waals surface area contributed by atoms with Crippen molar-refractivity contribution < 1.29 is 4.74 Å². The molecule has 5 rings (SSSR count). The maximum atomic E-state index is 5.53. The zero-order valence-corrected chi connectivity index (χ0v) is 16.2. The number of aliphatic imine (C=N–C) groups is 1. The number of para-hydroxylation sites is 1. The molecule has 0 bridgehead atoms. The second kappa shape index (κ2) is 8.01. The first-order valence-corrected chi connectivity index (χ1v) is 10.0. The van der Waals surface area contributed by atoms with Crippen molar-refractivity contribution in [3.8, 4) is 0 Å². The number of hydrogen-bond donors (Lipinski definition) is 1. The molecule has 1 fully saturated rings. The summed E-state index contributed by atoms with van der Waals surface area (Å²) < 4.78 is 5.53. The monoisotopic (exact) mass is 385 g/mol. The number of amidine groups is 1. The van der Waals surface area contributed by atoms with Crippen LogP contribution in [0, 0.1) is 0 Å². The number of hydrogen-bond acceptors (Lipinski definition) is 6. The van der Waals surface area contributed by atoms with Crippen LogP contribution in [-0.2, 0) is 17.6 Å². The predicted octanol–water partition coefficient (Wildman–Crippen LogP) is 3.60. The summed E-state index contributed by atoms with van der Waals surface area (Å²) in [6.45, 7) is 3.08. The van der Waals surface area contributed by atoms with E-state index < -0.39 is 0 Å². The van der Waals surface area contributed by atoms with Crippen LogP contribution in [0.15, 0.2) is 65.7 Å². The fourth-order valence-electron chi connectivity index (χ4n) is 3.72. The summed E-state index contributed by atoms with van der Waals surface area (Å²) >= 11 is 0. The molecule has 1 aromatic heterocycles. The van der Waals surface area contributed by atoms with Crippen molar-refractivity contribution in [1.29, 1.82) is 0 Å². The van der Waals surface area contributed by atoms with Crippen LogP contribution >= 0.6 is 0 Å². The van der Waals surface area contributed by atoms with E-state index in [2.05, 4.69) is 34.5 Å². The Morgan fingerprint density at radius 1 is 0.897 bits per heavy atom. The molecule has 0 radical (unpaired) electrons. The molecule has 3 aromatic rings. The Balaban J connectivity index is 1.47. The van der Waals surface area contributed by atoms with Crippen LogP contribution in [0.1, 0.15) is 17.1 Å². The van der Waals surface area contributed by atoms with Crippen LogP contribution in [0.4, 0.5) is 17.2 Å². The van der Waals surface area contributed by atoms with Gasteiger partial charge in [-0.1, -0.05) is 48.5 Å². The molecule has 2 aromatic carbocycles. The van der Waals surface area contributed by atoms with Gasteiger partial charge < -0.3 is 15.0 Å². The van der Waals surface area contributed by atoms with Crippen LogP contribution in [-0.4, -0.2) is 42.1 Å². The number of anilines is 2. The third kappa shape index (κ3) is 3.98. The third-order valence-corrected chi connectivity index (χ3v) is 5.14. The van der Waals surface area contributed by atoms with Gasteiger partial charge in [0.25, 0.3) is 0 Å². The van der Waals surface area contributed by atoms with Gasteiger partial charge in [0.15, 0.2) is 5.82 Å². The molecule has 6 heteroatoms. The van der Waals surface area contributed by atoms with E-state index in [4.69, 9.17) is 19.7 Å². The van der Waals surface area contributed by atoms with Gasteiger partial charge in [0.05, 0.1) is 25.3 Å². The molecule has 0 amide bonds. The Kier molecular flexibility index (Phi) is 4.92. The van der Waals surface area contributed by atoms with Gasteiger partial charge in [0.1, 0.15) is 17.3 Å². The molecule has 0 aliphatic carbocycles. The van der Waals surface area contributed by atoms with Gasteiger partial charge in [-0.25, -0.2) is 15.0 Å². The highest BCUT2D eigenvalue weighted by atomic mass is 16.5. The summed E-state index contributed by atoms with van der Waals surface area (Å²) in [6.07, 6.45) is 1.40. The van der Waals surface area contributed by atoms with E-state index in [-0.39, 0.29) is 0 Å². The maximum absolute atomic E-state index is 5.53. The summed E-state index contributed by atoms with van der Waals surface area (Å²) in [5.74, 6) is 2.67. The standard InChI is InChI=1S/C23H23N5O/c1-3-7-17(8-4-1)15-20-25-19-16-21(24-18-9-5-2-6-10-18)26-22(19)23(27-20)28-11-13-29-14-12-28/h1-10H,11-16H2,(H,24,26). The molecule has 2 aliphatic heterocycles. The van der Waals surface area contributed by atoms with E-state index in [1.807, 2.05) is 36.4 Å². The van der Waals surface area contributed by atoms with Crippen LogP contribution in [0.2, 0.25) is 0 Å². The Hall–Kier alpha value is -3.25. The van der Waals surface area contributed by atoms with Crippen molar-refractivity contribution in [3.05, 3.63) is 77.7 Å². The average molecular weight is 385 g/mol. The number of nitrogens with zero attached hydrogens (tertiary/aromatic N) is 4. The van der Waals surface area contributed by atoms with E-state index in [0.717, 1.165) is 47.6 Å². The number of aromatic nitrogens is 2. The Morgan fingerprint density at radius 2 is 1.62 bits per heavy atom. The molecular formula is C23H23N5O. The van der Waals surface area contributed by atoms with Crippen molar-refractivity contribution in [2.24, 2.45) is 4.99 Å². The molecular weight excluding hydrogens is 362 g/mol. The smallest absolute Gasteiger partial charge is 0.158 e. The number of benzene rings is 2. The highest BCUT2D eigenvalue weighted by Gasteiger charge is 2.26. The Labute approximate surface area is 170 Å². The normalized spacial score (nSPS) is 15.7. The minimum atomic E-state index is 0.686. The summed E-state index contributed by atoms with van der Waals surface area (Å²) in [6, 6.07) is 20.5. The molecule has 1 saturated heterocycles. The van der Waals surface area contributed by atoms with E-state index in [0.29, 0.717) is 26.1 Å². The number of ether oxygens (including phenoxy) is 1. The van der Waals surface area contributed by atoms with E-state index >= 15 is 0 Å². The molecule has 0 unspecified atom stereocenters. The predicted molar refractivity (Wildman–Crippen MR) is 115 cm³/mol. The van der Waals surface area contributed by atoms with Gasteiger partial charge in [-0.15, -0.1) is 0 Å². The first kappa shape index (κ1) is 17.8. The maximum Gasteiger partial charge on any atom is 0.158 e. The lowest BCUT2D eigenvalue weighted by Gasteiger charge is -2.28. The Bertz CT molecular complexity index is 1010. The van der Waals surface area contributed by atoms with Gasteiger partial charge in [-0.2, -0.15) is 0 Å². The molecule has 6 nitrogen and oxygen atoms in total. The minimum absolute atomic E-state index is 0.686. The summed E-state index contributed by atoms with van der Waals surface area (Å²) in [7, 11) is 0. The van der Waals surface area contributed by atoms with Crippen molar-refractivity contribution in [3.63, 3.8) is 0 Å². The van der Waals surface area contributed by atoms with Crippen molar-refractivity contribution >= 4 is 23.0 Å². The van der Waals surface area contributed by atoms with E-state index in [1.165, 1.54) is 5.56 Å². The van der Waals surface area contributed by atoms with Crippen LogP contribution in [0.25, 0.3) is 0 Å². The SMILES string of the molecule is c1ccc(Cc2nc3c(c(N4CCOCC4)n2)N=C(Nc2ccccc2)C3)cc1. The number of rotatable bonds is 4. The zero-order chi connectivity index (χ0) is 19.5. The first-order chi connectivity index (χ1) is 14.3. The summed E-state index contributed by atoms with van der Waals surface area (Å²) in [4.78, 5) is 16.9. The molecule has 0 spiro atoms. The van der Waals surface area contributed by atoms with Crippen LogP contribution in [0.5, 0.6) is 0 Å². The summed E-state index contributed by atoms with van der Waals surface area (Å²) in [5, 5.41) is 3.43. The highest BCUT2D eigenvalue weighted by Crippen LogP contribution is 2.35. The zero-order valence-electron chi connectivity index (χ0n) is 16.2.